The second kappa shape index (κ2) is 9.61. The first-order valence-electron chi connectivity index (χ1n) is 11.5. The molecule has 0 bridgehead atoms. The molecule has 1 aliphatic rings. The second-order valence-corrected chi connectivity index (χ2v) is 9.37. The lowest BCUT2D eigenvalue weighted by Gasteiger charge is -2.29. The maximum Gasteiger partial charge on any atom is 0.291 e. The van der Waals surface area contributed by atoms with E-state index in [2.05, 4.69) is 54.5 Å². The summed E-state index contributed by atoms with van der Waals surface area (Å²) in [5.74, 6) is 0.398. The minimum Gasteiger partial charge on any atom is -0.438 e. The van der Waals surface area contributed by atoms with Crippen molar-refractivity contribution in [1.82, 2.24) is 15.2 Å². The number of oxazole rings is 1. The SMILES string of the molecule is Cc1ncoc1C(=O)N1CC[C@@](Cc2cccc(-c3ccccc3)c2)(C(=O)NCC(C)C)C1. The number of hydrogen-bond acceptors (Lipinski definition) is 4. The van der Waals surface area contributed by atoms with E-state index in [-0.39, 0.29) is 17.6 Å². The molecule has 0 aliphatic carbocycles. The second-order valence-electron chi connectivity index (χ2n) is 9.37. The summed E-state index contributed by atoms with van der Waals surface area (Å²) in [5, 5.41) is 3.12. The maximum atomic E-state index is 13.5. The minimum atomic E-state index is -0.687. The van der Waals surface area contributed by atoms with Crippen molar-refractivity contribution in [1.29, 1.82) is 0 Å². The number of nitrogens with one attached hydrogen (secondary N) is 1. The zero-order chi connectivity index (χ0) is 23.4. The molecule has 1 N–H and O–H groups in total. The molecule has 0 saturated carbocycles. The van der Waals surface area contributed by atoms with Crippen LogP contribution in [0.4, 0.5) is 0 Å². The molecule has 2 heterocycles. The van der Waals surface area contributed by atoms with E-state index < -0.39 is 5.41 Å². The third-order valence-electron chi connectivity index (χ3n) is 6.31. The summed E-state index contributed by atoms with van der Waals surface area (Å²) >= 11 is 0. The Morgan fingerprint density at radius 1 is 1.12 bits per heavy atom. The molecule has 2 amide bonds. The van der Waals surface area contributed by atoms with Gasteiger partial charge < -0.3 is 14.6 Å². The van der Waals surface area contributed by atoms with Crippen molar-refractivity contribution < 1.29 is 14.0 Å². The van der Waals surface area contributed by atoms with Crippen LogP contribution in [0.15, 0.2) is 65.4 Å². The summed E-state index contributed by atoms with van der Waals surface area (Å²) in [6, 6.07) is 18.5. The minimum absolute atomic E-state index is 0.00547. The molecule has 4 rings (SSSR count). The van der Waals surface area contributed by atoms with Gasteiger partial charge in [-0.25, -0.2) is 4.98 Å². The molecule has 33 heavy (non-hydrogen) atoms. The fourth-order valence-electron chi connectivity index (χ4n) is 4.47. The number of carbonyl (C=O) groups excluding carboxylic acids is 2. The van der Waals surface area contributed by atoms with Crippen molar-refractivity contribution in [3.8, 4) is 11.1 Å². The molecule has 1 fully saturated rings. The van der Waals surface area contributed by atoms with E-state index in [1.165, 1.54) is 6.39 Å². The van der Waals surface area contributed by atoms with Crippen LogP contribution in [0.3, 0.4) is 0 Å². The lowest BCUT2D eigenvalue weighted by atomic mass is 9.79. The molecular weight excluding hydrogens is 414 g/mol. The van der Waals surface area contributed by atoms with Gasteiger partial charge in [-0.2, -0.15) is 0 Å². The van der Waals surface area contributed by atoms with Gasteiger partial charge in [-0.1, -0.05) is 68.4 Å². The molecular formula is C27H31N3O3. The normalized spacial score (nSPS) is 18.0. The predicted octanol–water partition coefficient (Wildman–Crippen LogP) is 4.50. The van der Waals surface area contributed by atoms with Crippen molar-refractivity contribution >= 4 is 11.8 Å². The molecule has 1 atom stereocenters. The van der Waals surface area contributed by atoms with Crippen LogP contribution in [-0.4, -0.2) is 41.3 Å². The highest BCUT2D eigenvalue weighted by molar-refractivity contribution is 5.94. The van der Waals surface area contributed by atoms with Crippen molar-refractivity contribution in [2.75, 3.05) is 19.6 Å². The first-order chi connectivity index (χ1) is 15.9. The van der Waals surface area contributed by atoms with Crippen LogP contribution < -0.4 is 5.32 Å². The zero-order valence-electron chi connectivity index (χ0n) is 19.5. The lowest BCUT2D eigenvalue weighted by molar-refractivity contribution is -0.130. The number of hydrogen-bond donors (Lipinski definition) is 1. The largest absolute Gasteiger partial charge is 0.438 e. The van der Waals surface area contributed by atoms with Gasteiger partial charge in [0.05, 0.1) is 11.1 Å². The van der Waals surface area contributed by atoms with Crippen molar-refractivity contribution in [2.24, 2.45) is 11.3 Å². The maximum absolute atomic E-state index is 13.5. The topological polar surface area (TPSA) is 75.4 Å². The molecule has 1 saturated heterocycles. The quantitative estimate of drug-likeness (QED) is 0.581. The fourth-order valence-corrected chi connectivity index (χ4v) is 4.47. The van der Waals surface area contributed by atoms with Gasteiger partial charge in [0.25, 0.3) is 5.91 Å². The summed E-state index contributed by atoms with van der Waals surface area (Å²) in [5.41, 5.74) is 3.22. The Morgan fingerprint density at radius 3 is 2.58 bits per heavy atom. The van der Waals surface area contributed by atoms with E-state index in [0.717, 1.165) is 16.7 Å². The number of carbonyl (C=O) groups is 2. The standard InChI is InChI=1S/C27H31N3O3/c1-19(2)16-28-26(32)27(12-13-30(17-27)25(31)24-20(3)29-18-33-24)15-21-8-7-11-23(14-21)22-9-5-4-6-10-22/h4-11,14,18-19H,12-13,15-17H2,1-3H3,(H,28,32)/t27-/m0/s1. The molecule has 6 heteroatoms. The smallest absolute Gasteiger partial charge is 0.291 e. The van der Waals surface area contributed by atoms with Gasteiger partial charge >= 0.3 is 0 Å². The Bertz CT molecular complexity index is 1120. The first-order valence-corrected chi connectivity index (χ1v) is 11.5. The first kappa shape index (κ1) is 22.8. The Kier molecular flexibility index (Phi) is 6.63. The fraction of sp³-hybridized carbons (Fsp3) is 0.370. The Balaban J connectivity index is 1.60. The van der Waals surface area contributed by atoms with Crippen molar-refractivity contribution in [2.45, 2.75) is 33.6 Å². The van der Waals surface area contributed by atoms with Crippen LogP contribution >= 0.6 is 0 Å². The molecule has 172 valence electrons. The van der Waals surface area contributed by atoms with Crippen LogP contribution in [0.2, 0.25) is 0 Å². The summed E-state index contributed by atoms with van der Waals surface area (Å²) in [7, 11) is 0. The predicted molar refractivity (Wildman–Crippen MR) is 128 cm³/mol. The molecule has 1 aliphatic heterocycles. The van der Waals surface area contributed by atoms with Crippen LogP contribution in [0.5, 0.6) is 0 Å². The van der Waals surface area contributed by atoms with Gasteiger partial charge in [0.2, 0.25) is 11.7 Å². The van der Waals surface area contributed by atoms with E-state index in [4.69, 9.17) is 4.42 Å². The molecule has 0 unspecified atom stereocenters. The highest BCUT2D eigenvalue weighted by atomic mass is 16.3. The highest BCUT2D eigenvalue weighted by Gasteiger charge is 2.46. The molecule has 2 aromatic carbocycles. The summed E-state index contributed by atoms with van der Waals surface area (Å²) in [4.78, 5) is 32.3. The lowest BCUT2D eigenvalue weighted by Crippen LogP contribution is -2.46. The van der Waals surface area contributed by atoms with Crippen LogP contribution in [0, 0.1) is 18.3 Å². The highest BCUT2D eigenvalue weighted by Crippen LogP contribution is 2.36. The molecule has 3 aromatic rings. The number of aromatic nitrogens is 1. The Labute approximate surface area is 195 Å². The van der Waals surface area contributed by atoms with Gasteiger partial charge in [0.15, 0.2) is 6.39 Å². The van der Waals surface area contributed by atoms with E-state index >= 15 is 0 Å². The number of amides is 2. The average Bonchev–Trinajstić information content (AvgIpc) is 3.45. The molecule has 1 aromatic heterocycles. The molecule has 6 nitrogen and oxygen atoms in total. The third-order valence-corrected chi connectivity index (χ3v) is 6.31. The van der Waals surface area contributed by atoms with Crippen molar-refractivity contribution in [3.05, 3.63) is 78.0 Å². The van der Waals surface area contributed by atoms with Gasteiger partial charge in [0, 0.05) is 19.6 Å². The van der Waals surface area contributed by atoms with Crippen LogP contribution in [0.1, 0.15) is 42.1 Å². The third kappa shape index (κ3) is 5.00. The number of benzene rings is 2. The molecule has 0 spiro atoms. The zero-order valence-corrected chi connectivity index (χ0v) is 19.5. The van der Waals surface area contributed by atoms with Crippen molar-refractivity contribution in [3.63, 3.8) is 0 Å². The summed E-state index contributed by atoms with van der Waals surface area (Å²) in [6.45, 7) is 7.38. The summed E-state index contributed by atoms with van der Waals surface area (Å²) < 4.78 is 5.33. The Morgan fingerprint density at radius 2 is 1.88 bits per heavy atom. The van der Waals surface area contributed by atoms with Gasteiger partial charge in [-0.15, -0.1) is 0 Å². The number of nitrogens with zero attached hydrogens (tertiary/aromatic N) is 2. The van der Waals surface area contributed by atoms with E-state index in [0.29, 0.717) is 44.1 Å². The van der Waals surface area contributed by atoms with Gasteiger partial charge in [-0.3, -0.25) is 9.59 Å². The van der Waals surface area contributed by atoms with E-state index in [1.54, 1.807) is 11.8 Å². The summed E-state index contributed by atoms with van der Waals surface area (Å²) in [6.07, 6.45) is 2.46. The molecule has 0 radical (unpaired) electrons. The number of likely N-dealkylation sites (tertiary alicyclic amines) is 1. The van der Waals surface area contributed by atoms with Gasteiger partial charge in [0.1, 0.15) is 0 Å². The van der Waals surface area contributed by atoms with E-state index in [1.807, 2.05) is 24.3 Å². The van der Waals surface area contributed by atoms with E-state index in [9.17, 15) is 9.59 Å². The average molecular weight is 446 g/mol. The van der Waals surface area contributed by atoms with Gasteiger partial charge in [-0.05, 0) is 42.4 Å². The van der Waals surface area contributed by atoms with Crippen LogP contribution in [-0.2, 0) is 11.2 Å². The number of rotatable bonds is 7. The van der Waals surface area contributed by atoms with Crippen LogP contribution in [0.25, 0.3) is 11.1 Å². The Hall–Kier alpha value is -3.41. The monoisotopic (exact) mass is 445 g/mol. The number of aryl methyl sites for hydroxylation is 1.